The maximum absolute atomic E-state index is 2.71. The molecule has 4 atom stereocenters. The number of hydrogen-bond donors (Lipinski definition) is 0. The molecule has 0 amide bonds. The molecule has 27 heavy (non-hydrogen) atoms. The van der Waals surface area contributed by atoms with Gasteiger partial charge in [0.15, 0.2) is 0 Å². The van der Waals surface area contributed by atoms with E-state index in [9.17, 15) is 0 Å². The molecule has 2 heterocycles. The van der Waals surface area contributed by atoms with E-state index in [1.54, 1.807) is 9.81 Å². The highest BCUT2D eigenvalue weighted by atomic mass is 32.6. The van der Waals surface area contributed by atoms with Crippen molar-refractivity contribution in [3.63, 3.8) is 0 Å². The minimum atomic E-state index is -1.62. The molecule has 0 nitrogen and oxygen atoms in total. The smallest absolute Gasteiger partial charge is 0.0566 e. The van der Waals surface area contributed by atoms with E-state index in [0.29, 0.717) is 42.0 Å². The van der Waals surface area contributed by atoms with Crippen LogP contribution in [0.3, 0.4) is 0 Å². The highest BCUT2D eigenvalue weighted by molar-refractivity contribution is 8.57. The lowest BCUT2D eigenvalue weighted by Gasteiger charge is -2.34. The largest absolute Gasteiger partial charge is 0.540 e. The average molecular weight is 415 g/mol. The van der Waals surface area contributed by atoms with E-state index in [-0.39, 0.29) is 0 Å². The molecule has 0 saturated heterocycles. The minimum absolute atomic E-state index is 0.318. The van der Waals surface area contributed by atoms with Crippen LogP contribution in [0.15, 0.2) is 69.6 Å². The number of hydrogen-bond acceptors (Lipinski definition) is 0. The molecule has 3 heteroatoms. The molecule has 0 spiro atoms. The van der Waals surface area contributed by atoms with Gasteiger partial charge in [0, 0.05) is 55.8 Å². The van der Waals surface area contributed by atoms with Crippen LogP contribution in [0.25, 0.3) is 0 Å². The van der Waals surface area contributed by atoms with Gasteiger partial charge in [-0.25, -0.2) is 0 Å². The Hall–Kier alpha value is -0.643. The Morgan fingerprint density at radius 1 is 0.704 bits per heavy atom. The Labute approximate surface area is 172 Å². The predicted octanol–water partition coefficient (Wildman–Crippen LogP) is 6.54. The molecule has 0 N–H and O–H groups in total. The van der Waals surface area contributed by atoms with Crippen molar-refractivity contribution in [1.82, 2.24) is 0 Å². The summed E-state index contributed by atoms with van der Waals surface area (Å²) < 4.78 is 0. The Kier molecular flexibility index (Phi) is 4.50. The van der Waals surface area contributed by atoms with Crippen molar-refractivity contribution in [2.24, 2.45) is 10.8 Å². The molecule has 4 aliphatic rings. The summed E-state index contributed by atoms with van der Waals surface area (Å²) in [6.45, 7) is 20.1. The van der Waals surface area contributed by atoms with Crippen molar-refractivity contribution in [2.45, 2.75) is 65.1 Å². The molecule has 0 aromatic carbocycles. The van der Waals surface area contributed by atoms with Crippen molar-refractivity contribution < 1.29 is 0 Å². The maximum atomic E-state index is 2.71. The van der Waals surface area contributed by atoms with Crippen LogP contribution in [0.1, 0.15) is 41.5 Å². The van der Waals surface area contributed by atoms with Gasteiger partial charge in [0.25, 0.3) is 0 Å². The summed E-state index contributed by atoms with van der Waals surface area (Å²) in [4.78, 5) is 3.35. The van der Waals surface area contributed by atoms with E-state index in [1.807, 2.05) is 0 Å². The Morgan fingerprint density at radius 2 is 1.07 bits per heavy atom. The first-order chi connectivity index (χ1) is 12.4. The minimum Gasteiger partial charge on any atom is -0.0566 e. The normalized spacial score (nSPS) is 32.3. The third-order valence-corrected chi connectivity index (χ3v) is 25.0. The number of rotatable bonds is 2. The van der Waals surface area contributed by atoms with Gasteiger partial charge in [0.2, 0.25) is 0 Å². The van der Waals surface area contributed by atoms with Crippen molar-refractivity contribution in [2.75, 3.05) is 0 Å². The van der Waals surface area contributed by atoms with Crippen molar-refractivity contribution >= 4 is 27.1 Å². The van der Waals surface area contributed by atoms with Crippen LogP contribution in [0.2, 0.25) is 13.1 Å². The molecule has 2 aliphatic heterocycles. The second-order valence-electron chi connectivity index (χ2n) is 10.7. The summed E-state index contributed by atoms with van der Waals surface area (Å²) in [7, 11) is 0.700. The molecule has 144 valence electrons. The third kappa shape index (κ3) is 3.05. The molecular weight excluding hydrogens is 380 g/mol. The van der Waals surface area contributed by atoms with Crippen LogP contribution in [0.5, 0.6) is 0 Å². The predicted molar refractivity (Wildman–Crippen MR) is 129 cm³/mol. The molecule has 0 saturated carbocycles. The van der Waals surface area contributed by atoms with E-state index in [1.165, 1.54) is 11.1 Å². The van der Waals surface area contributed by atoms with E-state index in [0.717, 1.165) is 0 Å². The average Bonchev–Trinajstić information content (AvgIpc) is 3.23. The summed E-state index contributed by atoms with van der Waals surface area (Å²) in [5, 5.41) is 1.36. The third-order valence-electron chi connectivity index (χ3n) is 6.03. The molecule has 2 aliphatic carbocycles. The van der Waals surface area contributed by atoms with Crippen LogP contribution in [-0.2, 0) is 20.7 Å². The number of allylic oxidation sites excluding steroid dienone is 8. The van der Waals surface area contributed by atoms with Gasteiger partial charge in [-0.3, -0.25) is 0 Å². The second-order valence-corrected chi connectivity index (χ2v) is 26.3. The van der Waals surface area contributed by atoms with Crippen LogP contribution < -0.4 is 0 Å². The van der Waals surface area contributed by atoms with Gasteiger partial charge < -0.3 is 0 Å². The van der Waals surface area contributed by atoms with Crippen molar-refractivity contribution in [3.05, 3.63) is 69.6 Å². The number of fused-ring (bicyclic) bond motifs is 2. The van der Waals surface area contributed by atoms with E-state index >= 15 is 0 Å². The molecule has 0 aromatic rings. The first-order valence-electron chi connectivity index (χ1n) is 10.1. The van der Waals surface area contributed by atoms with E-state index in [4.69, 9.17) is 0 Å². The SMILES string of the molecule is CC(C)(C)C1C=C2C=CC=C2[S+]1[Si](C)(C)[S+]1C2=CC=CC2=CC1C(C)(C)C. The quantitative estimate of drug-likeness (QED) is 0.355. The van der Waals surface area contributed by atoms with E-state index < -0.39 is 6.37 Å². The second kappa shape index (κ2) is 6.18. The van der Waals surface area contributed by atoms with Gasteiger partial charge >= 0.3 is 6.37 Å². The van der Waals surface area contributed by atoms with Crippen molar-refractivity contribution in [1.29, 1.82) is 0 Å². The summed E-state index contributed by atoms with van der Waals surface area (Å²) in [5.74, 6) is 0. The Morgan fingerprint density at radius 3 is 1.41 bits per heavy atom. The van der Waals surface area contributed by atoms with Crippen LogP contribution in [0, 0.1) is 10.8 Å². The molecule has 4 rings (SSSR count). The van der Waals surface area contributed by atoms with E-state index in [2.05, 4.69) is 103 Å². The van der Waals surface area contributed by atoms with Gasteiger partial charge in [-0.05, 0) is 36.5 Å². The molecule has 0 aromatic heterocycles. The van der Waals surface area contributed by atoms with Gasteiger partial charge in [-0.2, -0.15) is 0 Å². The molecule has 0 bridgehead atoms. The van der Waals surface area contributed by atoms with Gasteiger partial charge in [0.05, 0.1) is 0 Å². The molecule has 4 unspecified atom stereocenters. The zero-order chi connectivity index (χ0) is 19.8. The fourth-order valence-corrected chi connectivity index (χ4v) is 27.2. The first-order valence-corrected chi connectivity index (χ1v) is 17.1. The fourth-order valence-electron chi connectivity index (χ4n) is 4.69. The van der Waals surface area contributed by atoms with Crippen LogP contribution >= 0.6 is 0 Å². The summed E-state index contributed by atoms with van der Waals surface area (Å²) in [6, 6.07) is 0. The Bertz CT molecular complexity index is 780. The van der Waals surface area contributed by atoms with Gasteiger partial charge in [-0.1, -0.05) is 53.7 Å². The fraction of sp³-hybridized carbons (Fsp3) is 0.500. The monoisotopic (exact) mass is 414 g/mol. The zero-order valence-corrected chi connectivity index (χ0v) is 20.7. The lowest BCUT2D eigenvalue weighted by atomic mass is 9.91. The lowest BCUT2D eigenvalue weighted by Crippen LogP contribution is -2.56. The standard InChI is InChI=1S/C24H34S2Si/c1-23(2,3)21-15-17-11-9-13-19(17)25(21)27(7,8)26-20-14-10-12-18(20)16-22(26)24(4,5)6/h9-16,21-22H,1-8H3/q+2. The summed E-state index contributed by atoms with van der Waals surface area (Å²) in [5.41, 5.74) is 3.69. The van der Waals surface area contributed by atoms with Gasteiger partial charge in [0.1, 0.15) is 20.3 Å². The molecule has 0 fully saturated rings. The maximum Gasteiger partial charge on any atom is 0.540 e. The Balaban J connectivity index is 1.80. The highest BCUT2D eigenvalue weighted by Crippen LogP contribution is 2.55. The zero-order valence-electron chi connectivity index (χ0n) is 18.1. The highest BCUT2D eigenvalue weighted by Gasteiger charge is 2.72. The first kappa shape index (κ1) is 19.7. The lowest BCUT2D eigenvalue weighted by molar-refractivity contribution is 0.432. The summed E-state index contributed by atoms with van der Waals surface area (Å²) >= 11 is 0. The van der Waals surface area contributed by atoms with Crippen molar-refractivity contribution in [3.8, 4) is 0 Å². The summed E-state index contributed by atoms with van der Waals surface area (Å²) in [6.07, 6.45) is 17.8. The molecular formula is C24H34S2Si+2. The van der Waals surface area contributed by atoms with Crippen LogP contribution in [-0.4, -0.2) is 16.9 Å². The van der Waals surface area contributed by atoms with Crippen LogP contribution in [0.4, 0.5) is 0 Å². The molecule has 0 radical (unpaired) electrons. The topological polar surface area (TPSA) is 0 Å². The van der Waals surface area contributed by atoms with Gasteiger partial charge in [-0.15, -0.1) is 0 Å².